The lowest BCUT2D eigenvalue weighted by molar-refractivity contribution is 0.0954. The van der Waals surface area contributed by atoms with Crippen molar-refractivity contribution in [3.05, 3.63) is 60.2 Å². The topological polar surface area (TPSA) is 59.8 Å². The molecule has 0 aliphatic carbocycles. The van der Waals surface area contributed by atoms with Crippen molar-refractivity contribution in [1.82, 2.24) is 19.9 Å². The Morgan fingerprint density at radius 3 is 2.78 bits per heavy atom. The van der Waals surface area contributed by atoms with Gasteiger partial charge in [-0.05, 0) is 24.3 Å². The molecule has 0 unspecified atom stereocenters. The highest BCUT2D eigenvalue weighted by molar-refractivity contribution is 5.93. The summed E-state index contributed by atoms with van der Waals surface area (Å²) in [7, 11) is 0. The molecule has 0 fully saturated rings. The Labute approximate surface area is 134 Å². The molecule has 5 heteroatoms. The number of terminal acetylenes is 1. The van der Waals surface area contributed by atoms with Crippen molar-refractivity contribution in [2.24, 2.45) is 0 Å². The normalized spacial score (nSPS) is 10.4. The lowest BCUT2D eigenvalue weighted by Gasteiger charge is -2.07. The van der Waals surface area contributed by atoms with E-state index >= 15 is 0 Å². The first-order chi connectivity index (χ1) is 11.3. The molecule has 1 N–H and O–H groups in total. The van der Waals surface area contributed by atoms with Crippen molar-refractivity contribution in [2.75, 3.05) is 6.54 Å². The standard InChI is InChI=1S/C18H16N4O/c1-2-13-22-16-6-4-3-5-15(16)21-17(22)9-12-20-18(23)14-7-10-19-11-8-14/h1,3-8,10-11H,9,12-13H2,(H,20,23). The third-order valence-electron chi connectivity index (χ3n) is 3.56. The Kier molecular flexibility index (Phi) is 4.34. The number of hydrogen-bond acceptors (Lipinski definition) is 3. The van der Waals surface area contributed by atoms with Gasteiger partial charge in [-0.15, -0.1) is 6.42 Å². The molecule has 0 radical (unpaired) electrons. The first-order valence-corrected chi connectivity index (χ1v) is 7.35. The van der Waals surface area contributed by atoms with Crippen molar-refractivity contribution >= 4 is 16.9 Å². The predicted octanol–water partition coefficient (Wildman–Crippen LogP) is 2.04. The molecule has 0 atom stereocenters. The molecule has 0 aliphatic heterocycles. The van der Waals surface area contributed by atoms with E-state index in [0.29, 0.717) is 25.1 Å². The summed E-state index contributed by atoms with van der Waals surface area (Å²) in [4.78, 5) is 20.5. The molecule has 1 aromatic carbocycles. The maximum atomic E-state index is 12.0. The van der Waals surface area contributed by atoms with Gasteiger partial charge in [0.15, 0.2) is 0 Å². The van der Waals surface area contributed by atoms with Crippen LogP contribution in [0.2, 0.25) is 0 Å². The Balaban J connectivity index is 1.71. The number of amides is 1. The number of hydrogen-bond donors (Lipinski definition) is 1. The first-order valence-electron chi connectivity index (χ1n) is 7.35. The third kappa shape index (κ3) is 3.22. The van der Waals surface area contributed by atoms with Crippen LogP contribution >= 0.6 is 0 Å². The molecular formula is C18H16N4O. The number of nitrogens with zero attached hydrogens (tertiary/aromatic N) is 3. The zero-order valence-corrected chi connectivity index (χ0v) is 12.6. The molecule has 114 valence electrons. The zero-order valence-electron chi connectivity index (χ0n) is 12.6. The molecule has 3 rings (SSSR count). The number of benzene rings is 1. The summed E-state index contributed by atoms with van der Waals surface area (Å²) < 4.78 is 2.01. The fourth-order valence-electron chi connectivity index (χ4n) is 2.48. The van der Waals surface area contributed by atoms with Crippen LogP contribution in [0.1, 0.15) is 16.2 Å². The minimum atomic E-state index is -0.119. The van der Waals surface area contributed by atoms with Gasteiger partial charge in [-0.2, -0.15) is 0 Å². The lowest BCUT2D eigenvalue weighted by Crippen LogP contribution is -2.26. The maximum absolute atomic E-state index is 12.0. The van der Waals surface area contributed by atoms with Gasteiger partial charge in [0, 0.05) is 30.9 Å². The van der Waals surface area contributed by atoms with E-state index in [2.05, 4.69) is 21.2 Å². The number of aromatic nitrogens is 3. The molecule has 3 aromatic rings. The minimum absolute atomic E-state index is 0.119. The highest BCUT2D eigenvalue weighted by Gasteiger charge is 2.10. The fraction of sp³-hybridized carbons (Fsp3) is 0.167. The van der Waals surface area contributed by atoms with Gasteiger partial charge in [0.2, 0.25) is 0 Å². The van der Waals surface area contributed by atoms with Crippen LogP contribution in [0.4, 0.5) is 0 Å². The number of carbonyl (C=O) groups excluding carboxylic acids is 1. The molecule has 1 amide bonds. The second kappa shape index (κ2) is 6.75. The Hall–Kier alpha value is -3.13. The van der Waals surface area contributed by atoms with E-state index in [1.807, 2.05) is 28.8 Å². The summed E-state index contributed by atoms with van der Waals surface area (Å²) >= 11 is 0. The fourth-order valence-corrected chi connectivity index (χ4v) is 2.48. The van der Waals surface area contributed by atoms with Gasteiger partial charge in [-0.3, -0.25) is 9.78 Å². The highest BCUT2D eigenvalue weighted by atomic mass is 16.1. The van der Waals surface area contributed by atoms with Gasteiger partial charge in [0.05, 0.1) is 17.6 Å². The van der Waals surface area contributed by atoms with E-state index in [1.54, 1.807) is 24.5 Å². The molecule has 0 bridgehead atoms. The van der Waals surface area contributed by atoms with E-state index < -0.39 is 0 Å². The molecule has 0 saturated heterocycles. The summed E-state index contributed by atoms with van der Waals surface area (Å²) in [6.07, 6.45) is 9.27. The Morgan fingerprint density at radius 1 is 1.22 bits per heavy atom. The number of nitrogens with one attached hydrogen (secondary N) is 1. The largest absolute Gasteiger partial charge is 0.352 e. The van der Waals surface area contributed by atoms with Gasteiger partial charge >= 0.3 is 0 Å². The monoisotopic (exact) mass is 304 g/mol. The SMILES string of the molecule is C#CCn1c(CCNC(=O)c2ccncc2)nc2ccccc21. The molecule has 23 heavy (non-hydrogen) atoms. The second-order valence-corrected chi connectivity index (χ2v) is 5.05. The number of fused-ring (bicyclic) bond motifs is 1. The van der Waals surface area contributed by atoms with Crippen LogP contribution in [0.3, 0.4) is 0 Å². The lowest BCUT2D eigenvalue weighted by atomic mass is 10.2. The van der Waals surface area contributed by atoms with E-state index in [4.69, 9.17) is 6.42 Å². The van der Waals surface area contributed by atoms with Gasteiger partial charge in [0.1, 0.15) is 5.82 Å². The van der Waals surface area contributed by atoms with Crippen molar-refractivity contribution in [2.45, 2.75) is 13.0 Å². The van der Waals surface area contributed by atoms with Crippen LogP contribution in [-0.2, 0) is 13.0 Å². The number of pyridine rings is 1. The van der Waals surface area contributed by atoms with E-state index in [1.165, 1.54) is 0 Å². The van der Waals surface area contributed by atoms with E-state index in [-0.39, 0.29) is 5.91 Å². The van der Waals surface area contributed by atoms with Crippen LogP contribution < -0.4 is 5.32 Å². The van der Waals surface area contributed by atoms with Gasteiger partial charge < -0.3 is 9.88 Å². The summed E-state index contributed by atoms with van der Waals surface area (Å²) in [5.74, 6) is 3.41. The van der Waals surface area contributed by atoms with Crippen molar-refractivity contribution < 1.29 is 4.79 Å². The summed E-state index contributed by atoms with van der Waals surface area (Å²) in [6, 6.07) is 11.2. The molecular weight excluding hydrogens is 288 g/mol. The average Bonchev–Trinajstić information content (AvgIpc) is 2.94. The number of imidazole rings is 1. The highest BCUT2D eigenvalue weighted by Crippen LogP contribution is 2.16. The second-order valence-electron chi connectivity index (χ2n) is 5.05. The van der Waals surface area contributed by atoms with Crippen LogP contribution in [0.15, 0.2) is 48.8 Å². The molecule has 0 aliphatic rings. The third-order valence-corrected chi connectivity index (χ3v) is 3.56. The predicted molar refractivity (Wildman–Crippen MR) is 88.8 cm³/mol. The van der Waals surface area contributed by atoms with Crippen molar-refractivity contribution in [3.8, 4) is 12.3 Å². The maximum Gasteiger partial charge on any atom is 0.251 e. The number of para-hydroxylation sites is 2. The van der Waals surface area contributed by atoms with Crippen LogP contribution in [0.5, 0.6) is 0 Å². The first kappa shape index (κ1) is 14.8. The average molecular weight is 304 g/mol. The Bertz CT molecular complexity index is 862. The van der Waals surface area contributed by atoms with E-state index in [0.717, 1.165) is 16.9 Å². The molecule has 0 spiro atoms. The number of carbonyl (C=O) groups is 1. The quantitative estimate of drug-likeness (QED) is 0.734. The van der Waals surface area contributed by atoms with Gasteiger partial charge in [0.25, 0.3) is 5.91 Å². The van der Waals surface area contributed by atoms with Gasteiger partial charge in [-0.1, -0.05) is 18.1 Å². The van der Waals surface area contributed by atoms with Crippen molar-refractivity contribution in [1.29, 1.82) is 0 Å². The zero-order chi connectivity index (χ0) is 16.1. The van der Waals surface area contributed by atoms with E-state index in [9.17, 15) is 4.79 Å². The van der Waals surface area contributed by atoms with Gasteiger partial charge in [-0.25, -0.2) is 4.98 Å². The molecule has 2 aromatic heterocycles. The molecule has 0 saturated carbocycles. The summed E-state index contributed by atoms with van der Waals surface area (Å²) in [5.41, 5.74) is 2.52. The summed E-state index contributed by atoms with van der Waals surface area (Å²) in [5, 5.41) is 2.89. The Morgan fingerprint density at radius 2 is 2.00 bits per heavy atom. The number of rotatable bonds is 5. The molecule has 5 nitrogen and oxygen atoms in total. The van der Waals surface area contributed by atoms with Crippen LogP contribution in [0.25, 0.3) is 11.0 Å². The van der Waals surface area contributed by atoms with Crippen LogP contribution in [-0.4, -0.2) is 27.0 Å². The molecule has 2 heterocycles. The summed E-state index contributed by atoms with van der Waals surface area (Å²) in [6.45, 7) is 0.962. The van der Waals surface area contributed by atoms with Crippen LogP contribution in [0, 0.1) is 12.3 Å². The smallest absolute Gasteiger partial charge is 0.251 e. The van der Waals surface area contributed by atoms with Crippen molar-refractivity contribution in [3.63, 3.8) is 0 Å². The minimum Gasteiger partial charge on any atom is -0.352 e.